The highest BCUT2D eigenvalue weighted by Crippen LogP contribution is 2.12. The molecular formula is C7H10N4O. The van der Waals surface area contributed by atoms with Gasteiger partial charge in [0, 0.05) is 13.1 Å². The molecule has 0 aliphatic carbocycles. The number of nitrogens with two attached hydrogens (primary N) is 1. The number of nitrogens with zero attached hydrogens (tertiary/aromatic N) is 2. The minimum Gasteiger partial charge on any atom is -0.396 e. The molecule has 0 aromatic carbocycles. The molecule has 1 aromatic rings. The Balaban J connectivity index is 2.49. The molecule has 5 heteroatoms. The molecule has 0 bridgehead atoms. The summed E-state index contributed by atoms with van der Waals surface area (Å²) in [6.45, 7) is 1.45. The Bertz CT molecular complexity index is 317. The topological polar surface area (TPSA) is 72.9 Å². The van der Waals surface area contributed by atoms with Gasteiger partial charge in [0.25, 0.3) is 5.91 Å². The van der Waals surface area contributed by atoms with Gasteiger partial charge in [0.1, 0.15) is 5.69 Å². The van der Waals surface area contributed by atoms with Gasteiger partial charge in [-0.25, -0.2) is 0 Å². The van der Waals surface area contributed by atoms with Gasteiger partial charge in [-0.05, 0) is 6.42 Å². The Morgan fingerprint density at radius 3 is 3.33 bits per heavy atom. The number of nitrogens with one attached hydrogen (secondary N) is 1. The van der Waals surface area contributed by atoms with E-state index in [9.17, 15) is 4.79 Å². The Kier molecular flexibility index (Phi) is 1.49. The van der Waals surface area contributed by atoms with E-state index in [1.54, 1.807) is 4.68 Å². The van der Waals surface area contributed by atoms with E-state index in [4.69, 9.17) is 5.73 Å². The average Bonchev–Trinajstić information content (AvgIpc) is 2.29. The maximum atomic E-state index is 11.3. The lowest BCUT2D eigenvalue weighted by Gasteiger charge is -1.99. The lowest BCUT2D eigenvalue weighted by Crippen LogP contribution is -2.23. The van der Waals surface area contributed by atoms with Crippen molar-refractivity contribution in [3.63, 3.8) is 0 Å². The first-order chi connectivity index (χ1) is 5.79. The summed E-state index contributed by atoms with van der Waals surface area (Å²) in [5.41, 5.74) is 6.52. The van der Waals surface area contributed by atoms with E-state index >= 15 is 0 Å². The first-order valence-corrected chi connectivity index (χ1v) is 3.88. The number of hydrogen-bond donors (Lipinski definition) is 2. The smallest absolute Gasteiger partial charge is 0.271 e. The second-order valence-electron chi connectivity index (χ2n) is 2.78. The molecule has 1 aliphatic rings. The van der Waals surface area contributed by atoms with Crippen molar-refractivity contribution < 1.29 is 4.79 Å². The summed E-state index contributed by atoms with van der Waals surface area (Å²) < 4.78 is 1.65. The number of anilines is 1. The van der Waals surface area contributed by atoms with Crippen LogP contribution in [0.3, 0.4) is 0 Å². The van der Waals surface area contributed by atoms with E-state index in [0.29, 0.717) is 17.9 Å². The van der Waals surface area contributed by atoms with Crippen LogP contribution in [-0.4, -0.2) is 22.2 Å². The van der Waals surface area contributed by atoms with E-state index in [1.165, 1.54) is 6.20 Å². The van der Waals surface area contributed by atoms with Crippen molar-refractivity contribution in [3.05, 3.63) is 11.9 Å². The molecule has 3 N–H and O–H groups in total. The summed E-state index contributed by atoms with van der Waals surface area (Å²) in [5.74, 6) is -0.123. The van der Waals surface area contributed by atoms with Gasteiger partial charge in [0.2, 0.25) is 0 Å². The Hall–Kier alpha value is -1.52. The second-order valence-corrected chi connectivity index (χ2v) is 2.78. The highest BCUT2D eigenvalue weighted by Gasteiger charge is 2.18. The highest BCUT2D eigenvalue weighted by atomic mass is 16.2. The predicted octanol–water partition coefficient (Wildman–Crippen LogP) is -0.401. The third kappa shape index (κ3) is 0.939. The van der Waals surface area contributed by atoms with E-state index in [-0.39, 0.29) is 5.91 Å². The molecule has 1 amide bonds. The van der Waals surface area contributed by atoms with Crippen LogP contribution in [0.25, 0.3) is 0 Å². The van der Waals surface area contributed by atoms with Crippen LogP contribution in [0.4, 0.5) is 5.69 Å². The lowest BCUT2D eigenvalue weighted by atomic mass is 10.3. The Labute approximate surface area is 69.5 Å². The molecule has 1 aromatic heterocycles. The van der Waals surface area contributed by atoms with Gasteiger partial charge < -0.3 is 11.1 Å². The number of aromatic nitrogens is 2. The highest BCUT2D eigenvalue weighted by molar-refractivity contribution is 5.97. The van der Waals surface area contributed by atoms with Crippen molar-refractivity contribution in [2.75, 3.05) is 12.3 Å². The molecular weight excluding hydrogens is 156 g/mol. The number of hydrogen-bond acceptors (Lipinski definition) is 3. The quantitative estimate of drug-likeness (QED) is 0.550. The number of rotatable bonds is 0. The Morgan fingerprint density at radius 1 is 1.67 bits per heavy atom. The van der Waals surface area contributed by atoms with Crippen molar-refractivity contribution in [1.82, 2.24) is 15.1 Å². The monoisotopic (exact) mass is 166 g/mol. The molecule has 0 fully saturated rings. The van der Waals surface area contributed by atoms with Gasteiger partial charge in [-0.15, -0.1) is 0 Å². The standard InChI is InChI=1S/C7H10N4O/c8-5-4-10-11-3-1-2-9-7(12)6(5)11/h4H,1-3,8H2,(H,9,12). The minimum absolute atomic E-state index is 0.123. The van der Waals surface area contributed by atoms with E-state index in [0.717, 1.165) is 13.0 Å². The molecule has 0 radical (unpaired) electrons. The third-order valence-corrected chi connectivity index (χ3v) is 1.92. The van der Waals surface area contributed by atoms with Crippen LogP contribution in [0.15, 0.2) is 6.20 Å². The first kappa shape index (κ1) is 7.15. The van der Waals surface area contributed by atoms with Crippen LogP contribution in [-0.2, 0) is 6.54 Å². The zero-order valence-corrected chi connectivity index (χ0v) is 6.58. The summed E-state index contributed by atoms with van der Waals surface area (Å²) in [5, 5.41) is 6.75. The lowest BCUT2D eigenvalue weighted by molar-refractivity contribution is 0.0951. The predicted molar refractivity (Wildman–Crippen MR) is 43.6 cm³/mol. The van der Waals surface area contributed by atoms with Crippen LogP contribution < -0.4 is 11.1 Å². The van der Waals surface area contributed by atoms with Crippen LogP contribution >= 0.6 is 0 Å². The van der Waals surface area contributed by atoms with Crippen molar-refractivity contribution in [3.8, 4) is 0 Å². The van der Waals surface area contributed by atoms with Gasteiger partial charge in [0.05, 0.1) is 11.9 Å². The van der Waals surface area contributed by atoms with Gasteiger partial charge in [-0.2, -0.15) is 5.10 Å². The van der Waals surface area contributed by atoms with Gasteiger partial charge >= 0.3 is 0 Å². The number of fused-ring (bicyclic) bond motifs is 1. The molecule has 12 heavy (non-hydrogen) atoms. The van der Waals surface area contributed by atoms with Crippen LogP contribution in [0.2, 0.25) is 0 Å². The van der Waals surface area contributed by atoms with Gasteiger partial charge in [0.15, 0.2) is 0 Å². The number of amides is 1. The summed E-state index contributed by atoms with van der Waals surface area (Å²) >= 11 is 0. The SMILES string of the molecule is Nc1cnn2c1C(=O)NCCC2. The van der Waals surface area contributed by atoms with Crippen LogP contribution in [0.1, 0.15) is 16.9 Å². The minimum atomic E-state index is -0.123. The molecule has 2 heterocycles. The summed E-state index contributed by atoms with van der Waals surface area (Å²) in [4.78, 5) is 11.3. The number of aryl methyl sites for hydroxylation is 1. The summed E-state index contributed by atoms with van der Waals surface area (Å²) in [7, 11) is 0. The van der Waals surface area contributed by atoms with E-state index in [1.807, 2.05) is 0 Å². The summed E-state index contributed by atoms with van der Waals surface area (Å²) in [6.07, 6.45) is 2.42. The maximum absolute atomic E-state index is 11.3. The Morgan fingerprint density at radius 2 is 2.50 bits per heavy atom. The molecule has 0 atom stereocenters. The van der Waals surface area contributed by atoms with Crippen molar-refractivity contribution in [2.24, 2.45) is 0 Å². The molecule has 0 saturated heterocycles. The maximum Gasteiger partial charge on any atom is 0.271 e. The average molecular weight is 166 g/mol. The molecule has 1 aliphatic heterocycles. The molecule has 5 nitrogen and oxygen atoms in total. The van der Waals surface area contributed by atoms with E-state index in [2.05, 4.69) is 10.4 Å². The fraction of sp³-hybridized carbons (Fsp3) is 0.429. The van der Waals surface area contributed by atoms with Crippen molar-refractivity contribution in [2.45, 2.75) is 13.0 Å². The normalized spacial score (nSPS) is 16.5. The molecule has 0 unspecified atom stereocenters. The second kappa shape index (κ2) is 2.51. The van der Waals surface area contributed by atoms with Crippen LogP contribution in [0.5, 0.6) is 0 Å². The fourth-order valence-electron chi connectivity index (χ4n) is 1.33. The number of carbonyl (C=O) groups excluding carboxylic acids is 1. The zero-order chi connectivity index (χ0) is 8.55. The van der Waals surface area contributed by atoms with E-state index < -0.39 is 0 Å². The molecule has 0 saturated carbocycles. The number of nitrogen functional groups attached to an aromatic ring is 1. The van der Waals surface area contributed by atoms with Crippen molar-refractivity contribution >= 4 is 11.6 Å². The largest absolute Gasteiger partial charge is 0.396 e. The molecule has 0 spiro atoms. The fourth-order valence-corrected chi connectivity index (χ4v) is 1.33. The van der Waals surface area contributed by atoms with Gasteiger partial charge in [-0.1, -0.05) is 0 Å². The third-order valence-electron chi connectivity index (χ3n) is 1.92. The van der Waals surface area contributed by atoms with Crippen molar-refractivity contribution in [1.29, 1.82) is 0 Å². The number of carbonyl (C=O) groups is 1. The van der Waals surface area contributed by atoms with Crippen LogP contribution in [0, 0.1) is 0 Å². The molecule has 2 rings (SSSR count). The van der Waals surface area contributed by atoms with Gasteiger partial charge in [-0.3, -0.25) is 9.48 Å². The first-order valence-electron chi connectivity index (χ1n) is 3.88. The summed E-state index contributed by atoms with van der Waals surface area (Å²) in [6, 6.07) is 0. The zero-order valence-electron chi connectivity index (χ0n) is 6.58. The molecule has 64 valence electrons.